The van der Waals surface area contributed by atoms with Gasteiger partial charge < -0.3 is 12.4 Å². The molecule has 0 amide bonds. The van der Waals surface area contributed by atoms with Gasteiger partial charge in [-0.1, -0.05) is 228 Å². The Bertz CT molecular complexity index is 1840. The van der Waals surface area contributed by atoms with Crippen LogP contribution in [0.1, 0.15) is 142 Å². The van der Waals surface area contributed by atoms with Crippen LogP contribution >= 0.6 is 31.7 Å². The van der Waals surface area contributed by atoms with Crippen molar-refractivity contribution in [2.75, 3.05) is 0 Å². The molecule has 8 saturated carbocycles. The zero-order valence-corrected chi connectivity index (χ0v) is 54.8. The van der Waals surface area contributed by atoms with Gasteiger partial charge in [-0.25, -0.2) is 0 Å². The smallest absolute Gasteiger partial charge is 1.00 e. The summed E-state index contributed by atoms with van der Waals surface area (Å²) in [4.78, 5) is 0. The first kappa shape index (κ1) is 68.3. The van der Waals surface area contributed by atoms with Gasteiger partial charge in [-0.05, 0) is 237 Å². The van der Waals surface area contributed by atoms with E-state index in [-0.39, 0.29) is 67.7 Å². The largest absolute Gasteiger partial charge is 3.00 e. The molecule has 0 aliphatic heterocycles. The van der Waals surface area contributed by atoms with Gasteiger partial charge in [0.15, 0.2) is 0 Å². The second-order valence-corrected chi connectivity index (χ2v) is 32.7. The first-order valence-electron chi connectivity index (χ1n) is 29.9. The Kier molecular flexibility index (Phi) is 33.1. The normalized spacial score (nSPS) is 22.2. The minimum Gasteiger partial charge on any atom is -1.00 e. The first-order chi connectivity index (χ1) is 37.7. The van der Waals surface area contributed by atoms with E-state index in [4.69, 9.17) is 0 Å². The van der Waals surface area contributed by atoms with Gasteiger partial charge in [-0.3, -0.25) is 0 Å². The maximum Gasteiger partial charge on any atom is 3.00 e. The van der Waals surface area contributed by atoms with Crippen LogP contribution in [-0.2, 0) is 39.4 Å². The zero-order chi connectivity index (χ0) is 52.0. The van der Waals surface area contributed by atoms with Crippen LogP contribution in [0.5, 0.6) is 0 Å². The van der Waals surface area contributed by atoms with E-state index in [1.807, 2.05) is 64.2 Å². The topological polar surface area (TPSA) is 0 Å². The Morgan fingerprint density at radius 3 is 0.734 bits per heavy atom. The van der Waals surface area contributed by atoms with E-state index in [9.17, 15) is 0 Å². The molecule has 79 heavy (non-hydrogen) atoms. The Hall–Kier alpha value is 0.150. The molecule has 0 nitrogen and oxygen atoms in total. The average Bonchev–Trinajstić information content (AvgIpc) is 4.40. The maximum absolute atomic E-state index is 2.62. The van der Waals surface area contributed by atoms with E-state index in [1.54, 1.807) is 23.2 Å². The Balaban J connectivity index is 0.000000209. The van der Waals surface area contributed by atoms with E-state index in [1.165, 1.54) is 150 Å². The van der Waals surface area contributed by atoms with Crippen molar-refractivity contribution in [3.05, 3.63) is 247 Å². The summed E-state index contributed by atoms with van der Waals surface area (Å²) in [5, 5.41) is 5.94. The predicted octanol–water partition coefficient (Wildman–Crippen LogP) is 15.8. The van der Waals surface area contributed by atoms with Crippen LogP contribution in [0.3, 0.4) is 0 Å². The summed E-state index contributed by atoms with van der Waals surface area (Å²) >= 11 is 0. The van der Waals surface area contributed by atoms with Crippen LogP contribution in [0, 0.1) is 126 Å². The summed E-state index contributed by atoms with van der Waals surface area (Å²) in [6, 6.07) is 45.2. The van der Waals surface area contributed by atoms with Crippen molar-refractivity contribution >= 4 is 52.9 Å². The minimum absolute atomic E-state index is 0. The van der Waals surface area contributed by atoms with E-state index in [0.717, 1.165) is 22.6 Å². The van der Waals surface area contributed by atoms with Crippen molar-refractivity contribution < 1.29 is 51.9 Å². The Morgan fingerprint density at radius 2 is 0.519 bits per heavy atom. The molecule has 0 bridgehead atoms. The van der Waals surface area contributed by atoms with Crippen molar-refractivity contribution in [1.29, 1.82) is 0 Å². The molecular formula is C72H88AuClFeP4+4. The summed E-state index contributed by atoms with van der Waals surface area (Å²) in [5.74, 6) is 3.35. The number of halogens is 1. The molecule has 20 radical (unpaired) electrons. The molecule has 8 aliphatic rings. The number of hydrogen-bond acceptors (Lipinski definition) is 0. The number of benzene rings is 4. The average molecular weight is 1370 g/mol. The van der Waals surface area contributed by atoms with Gasteiger partial charge in [0, 0.05) is 11.3 Å². The quantitative estimate of drug-likeness (QED) is 0.0872. The molecule has 0 heterocycles. The van der Waals surface area contributed by atoms with Crippen LogP contribution in [-0.4, -0.2) is 34.0 Å². The Morgan fingerprint density at radius 1 is 0.304 bits per heavy atom. The zero-order valence-electron chi connectivity index (χ0n) is 47.2. The summed E-state index contributed by atoms with van der Waals surface area (Å²) in [6.07, 6.45) is 64.2. The van der Waals surface area contributed by atoms with Gasteiger partial charge in [0.1, 0.15) is 0 Å². The molecule has 418 valence electrons. The summed E-state index contributed by atoms with van der Waals surface area (Å²) < 4.78 is 0. The molecule has 12 rings (SSSR count). The van der Waals surface area contributed by atoms with E-state index >= 15 is 0 Å². The molecule has 8 fully saturated rings. The van der Waals surface area contributed by atoms with E-state index < -0.39 is 15.8 Å². The molecule has 0 aromatic heterocycles. The summed E-state index contributed by atoms with van der Waals surface area (Å²) in [5.41, 5.74) is 8.65. The standard InChI is InChI=1S/2C31H39P2.2C5H5.Au.ClH.Fe/c2*1-25(32(26-15-6-2-7-16-26)27-17-8-3-9-18-27)30-23-14-24-31(30)33(28-19-10-4-11-20-28)29-21-12-5-13-22-29;2*1-2-4-5-3-1;;;/h2*4-5,10-14,19-27H,2-3,6-9,15-18H2,1H3;2*1-5H;;1H;/q;;;;+3;;+2/p-1. The molecule has 8 aliphatic carbocycles. The van der Waals surface area contributed by atoms with Crippen molar-refractivity contribution in [2.24, 2.45) is 0 Å². The molecule has 0 spiro atoms. The first-order valence-corrected chi connectivity index (χ1v) is 35.6. The Labute approximate surface area is 523 Å². The predicted molar refractivity (Wildman–Crippen MR) is 340 cm³/mol. The number of rotatable bonds is 14. The van der Waals surface area contributed by atoms with Gasteiger partial charge in [-0.2, -0.15) is 0 Å². The van der Waals surface area contributed by atoms with Gasteiger partial charge in [0.2, 0.25) is 0 Å². The molecular weight excluding hydrogens is 1280 g/mol. The number of hydrogen-bond donors (Lipinski definition) is 0. The molecule has 7 heteroatoms. The van der Waals surface area contributed by atoms with Crippen LogP contribution in [0.15, 0.2) is 121 Å². The van der Waals surface area contributed by atoms with Crippen molar-refractivity contribution in [3.63, 3.8) is 0 Å². The van der Waals surface area contributed by atoms with Gasteiger partial charge >= 0.3 is 39.4 Å². The van der Waals surface area contributed by atoms with Gasteiger partial charge in [0.25, 0.3) is 0 Å². The third-order valence-electron chi connectivity index (χ3n) is 17.1. The van der Waals surface area contributed by atoms with Crippen LogP contribution in [0.25, 0.3) is 0 Å². The van der Waals surface area contributed by atoms with Crippen molar-refractivity contribution in [1.82, 2.24) is 0 Å². The third kappa shape index (κ3) is 20.1. The molecule has 0 N–H and O–H groups in total. The van der Waals surface area contributed by atoms with E-state index in [0.29, 0.717) is 11.3 Å². The summed E-state index contributed by atoms with van der Waals surface area (Å²) in [7, 11) is -0.977. The van der Waals surface area contributed by atoms with Crippen LogP contribution in [0.4, 0.5) is 0 Å². The molecule has 4 aromatic rings. The van der Waals surface area contributed by atoms with Gasteiger partial charge in [-0.15, -0.1) is 0 Å². The van der Waals surface area contributed by atoms with E-state index in [2.05, 4.69) is 174 Å². The molecule has 4 aromatic carbocycles. The second-order valence-electron chi connectivity index (χ2n) is 22.1. The van der Waals surface area contributed by atoms with Crippen LogP contribution in [0.2, 0.25) is 0 Å². The second kappa shape index (κ2) is 38.3. The minimum atomic E-state index is -0.511. The molecule has 2 atom stereocenters. The third-order valence-corrected chi connectivity index (χ3v) is 29.9. The fourth-order valence-electron chi connectivity index (χ4n) is 13.5. The molecule has 0 saturated heterocycles. The monoisotopic (exact) mass is 1360 g/mol. The maximum atomic E-state index is 2.62. The summed E-state index contributed by atoms with van der Waals surface area (Å²) in [6.45, 7) is 5.24. The SMILES string of the molecule is CC([C]1[CH][CH][CH][C]1P(c1ccccc1)c1ccccc1)P(C1CCCCC1)C1CCCCC1.CC([C]1[CH][CH][CH][C]1P(c1ccccc1)c1ccccc1)P(C1CCCCC1)C1CCCCC1.[Au+3].[CH]1[CH][CH][CH][CH]1.[CH]1[CH][CH][CH][CH]1.[Cl-].[Fe+2]. The fraction of sp³-hybridized carbons (Fsp3) is 0.389. The fourth-order valence-corrected chi connectivity index (χ4v) is 27.4. The molecule has 2 unspecified atom stereocenters. The van der Waals surface area contributed by atoms with Crippen LogP contribution < -0.4 is 33.6 Å². The van der Waals surface area contributed by atoms with Crippen molar-refractivity contribution in [3.8, 4) is 0 Å². The van der Waals surface area contributed by atoms with Crippen molar-refractivity contribution in [2.45, 2.75) is 176 Å². The van der Waals surface area contributed by atoms with Gasteiger partial charge in [0.05, 0.1) is 0 Å².